The van der Waals surface area contributed by atoms with Crippen molar-refractivity contribution in [1.29, 1.82) is 0 Å². The van der Waals surface area contributed by atoms with E-state index in [1.165, 1.54) is 0 Å². The molecule has 0 spiro atoms. The van der Waals surface area contributed by atoms with Crippen molar-refractivity contribution in [3.8, 4) is 0 Å². The molecule has 0 aliphatic rings. The largest absolute Gasteiger partial charge is 0.504 e. The summed E-state index contributed by atoms with van der Waals surface area (Å²) >= 11 is 0. The standard InChI is InChI=1S/C16H37NO3Si2/c1-8-15(5)19-21(6,7)14-12-13-17-16(18)20-22(9-2,10-3)11-4/h15H,8-14H2,1-7H3,(H,17,18). The van der Waals surface area contributed by atoms with E-state index in [0.29, 0.717) is 12.6 Å². The molecule has 1 amide bonds. The molecule has 22 heavy (non-hydrogen) atoms. The highest BCUT2D eigenvalue weighted by molar-refractivity contribution is 6.74. The molecule has 1 N–H and O–H groups in total. The highest BCUT2D eigenvalue weighted by atomic mass is 28.4. The van der Waals surface area contributed by atoms with Gasteiger partial charge in [0.05, 0.1) is 0 Å². The van der Waals surface area contributed by atoms with E-state index in [4.69, 9.17) is 8.85 Å². The molecule has 0 aromatic carbocycles. The normalized spacial score (nSPS) is 13.8. The van der Waals surface area contributed by atoms with Gasteiger partial charge in [-0.15, -0.1) is 0 Å². The molecule has 0 aliphatic carbocycles. The zero-order valence-electron chi connectivity index (χ0n) is 15.8. The van der Waals surface area contributed by atoms with Crippen LogP contribution >= 0.6 is 0 Å². The molecule has 0 bridgehead atoms. The van der Waals surface area contributed by atoms with Gasteiger partial charge in [-0.1, -0.05) is 27.7 Å². The molecule has 0 radical (unpaired) electrons. The Balaban J connectivity index is 4.08. The van der Waals surface area contributed by atoms with Crippen LogP contribution in [-0.2, 0) is 8.85 Å². The lowest BCUT2D eigenvalue weighted by Gasteiger charge is -2.28. The Morgan fingerprint density at radius 1 is 1.09 bits per heavy atom. The zero-order valence-corrected chi connectivity index (χ0v) is 17.8. The topological polar surface area (TPSA) is 47.6 Å². The number of carbonyl (C=O) groups is 1. The number of carbonyl (C=O) groups excluding carboxylic acids is 1. The van der Waals surface area contributed by atoms with E-state index in [1.807, 2.05) is 0 Å². The molecular formula is C16H37NO3Si2. The van der Waals surface area contributed by atoms with Gasteiger partial charge in [0.15, 0.2) is 8.32 Å². The van der Waals surface area contributed by atoms with Crippen LogP contribution in [-0.4, -0.2) is 35.4 Å². The van der Waals surface area contributed by atoms with Gasteiger partial charge in [0.1, 0.15) is 0 Å². The fourth-order valence-electron chi connectivity index (χ4n) is 2.59. The Morgan fingerprint density at radius 2 is 1.64 bits per heavy atom. The van der Waals surface area contributed by atoms with Crippen LogP contribution in [0.4, 0.5) is 4.79 Å². The third-order valence-corrected chi connectivity index (χ3v) is 11.6. The fraction of sp³-hybridized carbons (Fsp3) is 0.938. The van der Waals surface area contributed by atoms with Crippen molar-refractivity contribution < 1.29 is 13.6 Å². The summed E-state index contributed by atoms with van der Waals surface area (Å²) in [6.07, 6.45) is 2.13. The number of hydrogen-bond donors (Lipinski definition) is 1. The first kappa shape index (κ1) is 21.7. The van der Waals surface area contributed by atoms with E-state index in [0.717, 1.165) is 37.0 Å². The average Bonchev–Trinajstić information content (AvgIpc) is 2.49. The molecule has 0 saturated carbocycles. The van der Waals surface area contributed by atoms with Crippen LogP contribution in [0, 0.1) is 0 Å². The fourth-order valence-corrected chi connectivity index (χ4v) is 7.39. The van der Waals surface area contributed by atoms with Gasteiger partial charge in [-0.3, -0.25) is 0 Å². The van der Waals surface area contributed by atoms with E-state index >= 15 is 0 Å². The molecule has 6 heteroatoms. The van der Waals surface area contributed by atoms with Gasteiger partial charge >= 0.3 is 6.09 Å². The van der Waals surface area contributed by atoms with Gasteiger partial charge in [0, 0.05) is 12.6 Å². The number of rotatable bonds is 11. The van der Waals surface area contributed by atoms with Crippen LogP contribution in [0.5, 0.6) is 0 Å². The van der Waals surface area contributed by atoms with Gasteiger partial charge < -0.3 is 14.2 Å². The zero-order chi connectivity index (χ0) is 17.2. The van der Waals surface area contributed by atoms with Gasteiger partial charge in [-0.2, -0.15) is 0 Å². The molecule has 0 aliphatic heterocycles. The third-order valence-electron chi connectivity index (χ3n) is 4.56. The predicted octanol–water partition coefficient (Wildman–Crippen LogP) is 5.13. The Labute approximate surface area is 139 Å². The minimum absolute atomic E-state index is 0.223. The van der Waals surface area contributed by atoms with Crippen molar-refractivity contribution in [3.05, 3.63) is 0 Å². The molecule has 0 rings (SSSR count). The molecule has 1 atom stereocenters. The maximum atomic E-state index is 12.0. The Morgan fingerprint density at radius 3 is 2.09 bits per heavy atom. The Kier molecular flexibility index (Phi) is 10.3. The lowest BCUT2D eigenvalue weighted by Crippen LogP contribution is -2.42. The summed E-state index contributed by atoms with van der Waals surface area (Å²) in [7, 11) is -3.44. The molecule has 0 fully saturated rings. The SMILES string of the molecule is CCC(C)O[Si](C)(C)CCCNC(=O)O[Si](CC)(CC)CC. The first-order valence-electron chi connectivity index (χ1n) is 8.88. The van der Waals surface area contributed by atoms with Gasteiger partial charge in [0.25, 0.3) is 8.32 Å². The molecule has 0 aromatic rings. The van der Waals surface area contributed by atoms with E-state index < -0.39 is 16.6 Å². The quantitative estimate of drug-likeness (QED) is 0.416. The maximum absolute atomic E-state index is 12.0. The van der Waals surface area contributed by atoms with Crippen molar-refractivity contribution in [2.75, 3.05) is 6.54 Å². The lowest BCUT2D eigenvalue weighted by molar-refractivity contribution is 0.195. The van der Waals surface area contributed by atoms with Crippen LogP contribution in [0.3, 0.4) is 0 Å². The molecule has 4 nitrogen and oxygen atoms in total. The number of amides is 1. The average molecular weight is 348 g/mol. The lowest BCUT2D eigenvalue weighted by atomic mass is 10.3. The van der Waals surface area contributed by atoms with Crippen LogP contribution in [0.2, 0.25) is 37.3 Å². The predicted molar refractivity (Wildman–Crippen MR) is 99.4 cm³/mol. The Bertz CT molecular complexity index is 312. The molecule has 1 unspecified atom stereocenters. The maximum Gasteiger partial charge on any atom is 0.393 e. The summed E-state index contributed by atoms with van der Waals surface area (Å²) in [6, 6.07) is 4.05. The highest BCUT2D eigenvalue weighted by Gasteiger charge is 2.32. The van der Waals surface area contributed by atoms with E-state index in [2.05, 4.69) is 53.0 Å². The van der Waals surface area contributed by atoms with Crippen molar-refractivity contribution >= 4 is 22.7 Å². The summed E-state index contributed by atoms with van der Waals surface area (Å²) < 4.78 is 11.9. The molecule has 0 saturated heterocycles. The summed E-state index contributed by atoms with van der Waals surface area (Å²) in [4.78, 5) is 12.0. The third kappa shape index (κ3) is 8.34. The van der Waals surface area contributed by atoms with E-state index in [9.17, 15) is 4.79 Å². The van der Waals surface area contributed by atoms with Gasteiger partial charge in [-0.25, -0.2) is 4.79 Å². The van der Waals surface area contributed by atoms with Crippen LogP contribution in [0.25, 0.3) is 0 Å². The molecule has 132 valence electrons. The van der Waals surface area contributed by atoms with Crippen LogP contribution in [0.15, 0.2) is 0 Å². The summed E-state index contributed by atoms with van der Waals surface area (Å²) in [5.74, 6) is 0. The molecule has 0 heterocycles. The minimum Gasteiger partial charge on any atom is -0.504 e. The first-order chi connectivity index (χ1) is 10.2. The molecule has 0 aromatic heterocycles. The second-order valence-electron chi connectivity index (χ2n) is 6.76. The van der Waals surface area contributed by atoms with Crippen LogP contribution in [0.1, 0.15) is 47.5 Å². The second-order valence-corrected chi connectivity index (χ2v) is 15.7. The summed E-state index contributed by atoms with van der Waals surface area (Å²) in [6.45, 7) is 15.9. The van der Waals surface area contributed by atoms with E-state index in [-0.39, 0.29) is 6.09 Å². The van der Waals surface area contributed by atoms with E-state index in [1.54, 1.807) is 0 Å². The smallest absolute Gasteiger partial charge is 0.393 e. The molecular weight excluding hydrogens is 310 g/mol. The number of nitrogens with one attached hydrogen (secondary N) is 1. The minimum atomic E-state index is -1.83. The van der Waals surface area contributed by atoms with Crippen molar-refractivity contribution in [3.63, 3.8) is 0 Å². The van der Waals surface area contributed by atoms with Crippen molar-refractivity contribution in [2.45, 2.75) is 90.8 Å². The monoisotopic (exact) mass is 347 g/mol. The van der Waals surface area contributed by atoms with Gasteiger partial charge in [0.2, 0.25) is 0 Å². The van der Waals surface area contributed by atoms with Crippen LogP contribution < -0.4 is 5.32 Å². The van der Waals surface area contributed by atoms with Crippen molar-refractivity contribution in [1.82, 2.24) is 5.32 Å². The van der Waals surface area contributed by atoms with Gasteiger partial charge in [-0.05, 0) is 57.0 Å². The highest BCUT2D eigenvalue weighted by Crippen LogP contribution is 2.21. The first-order valence-corrected chi connectivity index (χ1v) is 14.5. The summed E-state index contributed by atoms with van der Waals surface area (Å²) in [5.41, 5.74) is 0. The second kappa shape index (κ2) is 10.4. The summed E-state index contributed by atoms with van der Waals surface area (Å²) in [5, 5.41) is 2.92. The van der Waals surface area contributed by atoms with Crippen molar-refractivity contribution in [2.24, 2.45) is 0 Å². The number of hydrogen-bond acceptors (Lipinski definition) is 3. The Hall–Kier alpha value is -0.336.